The molecule has 1 saturated heterocycles. The topological polar surface area (TPSA) is 47.7 Å². The molecule has 0 aliphatic carbocycles. The van der Waals surface area contributed by atoms with E-state index in [1.165, 1.54) is 0 Å². The largest absolute Gasteiger partial charge is 0.494 e. The van der Waals surface area contributed by atoms with E-state index in [2.05, 4.69) is 11.8 Å². The average molecular weight is 236 g/mol. The van der Waals surface area contributed by atoms with Crippen LogP contribution in [0.25, 0.3) is 0 Å². The van der Waals surface area contributed by atoms with Crippen molar-refractivity contribution in [2.45, 2.75) is 20.0 Å². The minimum Gasteiger partial charge on any atom is -0.494 e. The third kappa shape index (κ3) is 3.03. The predicted molar refractivity (Wildman–Crippen MR) is 69.7 cm³/mol. The van der Waals surface area contributed by atoms with Crippen LogP contribution in [0, 0.1) is 0 Å². The summed E-state index contributed by atoms with van der Waals surface area (Å²) in [5.41, 5.74) is 7.75. The molecule has 1 heterocycles. The van der Waals surface area contributed by atoms with Crippen molar-refractivity contribution in [2.75, 3.05) is 36.9 Å². The fourth-order valence-corrected chi connectivity index (χ4v) is 2.09. The van der Waals surface area contributed by atoms with Crippen molar-refractivity contribution in [1.82, 2.24) is 0 Å². The quantitative estimate of drug-likeness (QED) is 0.814. The summed E-state index contributed by atoms with van der Waals surface area (Å²) in [5, 5.41) is 0. The highest BCUT2D eigenvalue weighted by Gasteiger charge is 2.17. The number of nitrogens with zero attached hydrogens (tertiary/aromatic N) is 1. The Morgan fingerprint density at radius 3 is 3.00 bits per heavy atom. The normalized spacial score (nSPS) is 20.4. The van der Waals surface area contributed by atoms with Crippen molar-refractivity contribution >= 4 is 11.4 Å². The Hall–Kier alpha value is -1.42. The van der Waals surface area contributed by atoms with Crippen molar-refractivity contribution in [2.24, 2.45) is 0 Å². The summed E-state index contributed by atoms with van der Waals surface area (Å²) in [7, 11) is 0. The molecule has 0 bridgehead atoms. The Kier molecular flexibility index (Phi) is 3.74. The first kappa shape index (κ1) is 12.0. The molecule has 4 nitrogen and oxygen atoms in total. The molecule has 0 saturated carbocycles. The van der Waals surface area contributed by atoms with Crippen LogP contribution in [0.1, 0.15) is 13.8 Å². The number of hydrogen-bond donors (Lipinski definition) is 1. The van der Waals surface area contributed by atoms with Crippen molar-refractivity contribution in [1.29, 1.82) is 0 Å². The summed E-state index contributed by atoms with van der Waals surface area (Å²) in [4.78, 5) is 2.28. The Bertz CT molecular complexity index is 382. The van der Waals surface area contributed by atoms with Crippen molar-refractivity contribution in [3.05, 3.63) is 18.2 Å². The summed E-state index contributed by atoms with van der Waals surface area (Å²) in [6, 6.07) is 5.88. The van der Waals surface area contributed by atoms with E-state index >= 15 is 0 Å². The second-order valence-corrected chi connectivity index (χ2v) is 4.32. The van der Waals surface area contributed by atoms with Crippen LogP contribution >= 0.6 is 0 Å². The molecule has 0 radical (unpaired) electrons. The highest BCUT2D eigenvalue weighted by Crippen LogP contribution is 2.26. The molecule has 0 amide bonds. The molecule has 2 N–H and O–H groups in total. The average Bonchev–Trinajstić information content (AvgIpc) is 2.28. The molecule has 1 atom stereocenters. The first-order chi connectivity index (χ1) is 8.19. The summed E-state index contributed by atoms with van der Waals surface area (Å²) in [5.74, 6) is 0.835. The number of ether oxygens (including phenoxy) is 2. The van der Waals surface area contributed by atoms with Gasteiger partial charge in [-0.05, 0) is 19.9 Å². The molecule has 1 aliphatic rings. The number of morpholine rings is 1. The molecule has 1 unspecified atom stereocenters. The van der Waals surface area contributed by atoms with Crippen LogP contribution < -0.4 is 15.4 Å². The molecule has 4 heteroatoms. The minimum absolute atomic E-state index is 0.265. The maximum absolute atomic E-state index is 5.89. The van der Waals surface area contributed by atoms with Gasteiger partial charge in [-0.3, -0.25) is 0 Å². The van der Waals surface area contributed by atoms with Crippen LogP contribution in [0.5, 0.6) is 5.75 Å². The number of benzene rings is 1. The Morgan fingerprint density at radius 1 is 1.47 bits per heavy atom. The molecule has 0 aromatic heterocycles. The first-order valence-electron chi connectivity index (χ1n) is 6.09. The van der Waals surface area contributed by atoms with Crippen LogP contribution in [0.2, 0.25) is 0 Å². The van der Waals surface area contributed by atoms with Gasteiger partial charge >= 0.3 is 0 Å². The van der Waals surface area contributed by atoms with Gasteiger partial charge in [0.1, 0.15) is 5.75 Å². The van der Waals surface area contributed by atoms with Gasteiger partial charge in [0.25, 0.3) is 0 Å². The van der Waals surface area contributed by atoms with E-state index < -0.39 is 0 Å². The zero-order chi connectivity index (χ0) is 12.3. The first-order valence-corrected chi connectivity index (χ1v) is 6.09. The van der Waals surface area contributed by atoms with E-state index in [-0.39, 0.29) is 6.10 Å². The second kappa shape index (κ2) is 5.27. The number of anilines is 2. The van der Waals surface area contributed by atoms with Gasteiger partial charge in [-0.1, -0.05) is 0 Å². The van der Waals surface area contributed by atoms with E-state index in [0.717, 1.165) is 36.8 Å². The SMILES string of the molecule is CCOc1cc(N)cc(N2CCOC(C)C2)c1. The maximum Gasteiger partial charge on any atom is 0.123 e. The van der Waals surface area contributed by atoms with E-state index in [9.17, 15) is 0 Å². The molecule has 94 valence electrons. The lowest BCUT2D eigenvalue weighted by molar-refractivity contribution is 0.0532. The molecule has 1 aliphatic heterocycles. The van der Waals surface area contributed by atoms with Gasteiger partial charge in [0.15, 0.2) is 0 Å². The van der Waals surface area contributed by atoms with E-state index in [1.54, 1.807) is 0 Å². The van der Waals surface area contributed by atoms with Crippen molar-refractivity contribution in [3.8, 4) is 5.75 Å². The fourth-order valence-electron chi connectivity index (χ4n) is 2.09. The monoisotopic (exact) mass is 236 g/mol. The van der Waals surface area contributed by atoms with E-state index in [0.29, 0.717) is 6.61 Å². The second-order valence-electron chi connectivity index (χ2n) is 4.32. The molecule has 2 rings (SSSR count). The summed E-state index contributed by atoms with van der Waals surface area (Å²) in [6.07, 6.45) is 0.265. The Labute approximate surface area is 102 Å². The number of nitrogens with two attached hydrogens (primary N) is 1. The molecule has 1 aromatic carbocycles. The van der Waals surface area contributed by atoms with Gasteiger partial charge in [-0.15, -0.1) is 0 Å². The zero-order valence-corrected chi connectivity index (χ0v) is 10.5. The number of rotatable bonds is 3. The van der Waals surface area contributed by atoms with Crippen LogP contribution in [0.4, 0.5) is 11.4 Å². The summed E-state index contributed by atoms with van der Waals surface area (Å²) in [6.45, 7) is 7.28. The van der Waals surface area contributed by atoms with Crippen LogP contribution in [0.3, 0.4) is 0 Å². The van der Waals surface area contributed by atoms with Crippen LogP contribution in [-0.2, 0) is 4.74 Å². The number of hydrogen-bond acceptors (Lipinski definition) is 4. The number of nitrogen functional groups attached to an aromatic ring is 1. The van der Waals surface area contributed by atoms with Gasteiger partial charge in [-0.25, -0.2) is 0 Å². The minimum atomic E-state index is 0.265. The molecule has 0 spiro atoms. The van der Waals surface area contributed by atoms with E-state index in [1.807, 2.05) is 25.1 Å². The van der Waals surface area contributed by atoms with Gasteiger partial charge in [0.2, 0.25) is 0 Å². The highest BCUT2D eigenvalue weighted by molar-refractivity contribution is 5.60. The van der Waals surface area contributed by atoms with Gasteiger partial charge in [-0.2, -0.15) is 0 Å². The fraction of sp³-hybridized carbons (Fsp3) is 0.538. The van der Waals surface area contributed by atoms with Crippen LogP contribution in [-0.4, -0.2) is 32.4 Å². The maximum atomic E-state index is 5.89. The molecule has 17 heavy (non-hydrogen) atoms. The lowest BCUT2D eigenvalue weighted by Crippen LogP contribution is -2.41. The third-order valence-corrected chi connectivity index (χ3v) is 2.83. The van der Waals surface area contributed by atoms with Crippen LogP contribution in [0.15, 0.2) is 18.2 Å². The summed E-state index contributed by atoms with van der Waals surface area (Å²) >= 11 is 0. The van der Waals surface area contributed by atoms with Crippen molar-refractivity contribution in [3.63, 3.8) is 0 Å². The smallest absolute Gasteiger partial charge is 0.123 e. The highest BCUT2D eigenvalue weighted by atomic mass is 16.5. The predicted octanol–water partition coefficient (Wildman–Crippen LogP) is 1.89. The van der Waals surface area contributed by atoms with Gasteiger partial charge in [0, 0.05) is 36.6 Å². The Balaban J connectivity index is 2.18. The molecular weight excluding hydrogens is 216 g/mol. The molecular formula is C13H20N2O2. The third-order valence-electron chi connectivity index (χ3n) is 2.83. The molecule has 1 fully saturated rings. The lowest BCUT2D eigenvalue weighted by Gasteiger charge is -2.33. The van der Waals surface area contributed by atoms with Crippen molar-refractivity contribution < 1.29 is 9.47 Å². The molecule has 1 aromatic rings. The Morgan fingerprint density at radius 2 is 2.29 bits per heavy atom. The van der Waals surface area contributed by atoms with Gasteiger partial charge in [0.05, 0.1) is 19.3 Å². The summed E-state index contributed by atoms with van der Waals surface area (Å²) < 4.78 is 11.0. The zero-order valence-electron chi connectivity index (χ0n) is 10.5. The van der Waals surface area contributed by atoms with E-state index in [4.69, 9.17) is 15.2 Å². The standard InChI is InChI=1S/C13H20N2O2/c1-3-16-13-7-11(14)6-12(8-13)15-4-5-17-10(2)9-15/h6-8,10H,3-5,9,14H2,1-2H3. The lowest BCUT2D eigenvalue weighted by atomic mass is 10.2. The van der Waals surface area contributed by atoms with Gasteiger partial charge < -0.3 is 20.1 Å².